The molecule has 0 spiro atoms. The standard InChI is InChI=1S/C16H14BrClN2O/c1-2-7-20-14-6-4-11(18)9-13(14)19-16(20)10-3-5-12(17)15(21)8-10/h3-6,8-9,21H,2,7H2,1H3. The Morgan fingerprint density at radius 3 is 2.76 bits per heavy atom. The highest BCUT2D eigenvalue weighted by atomic mass is 79.9. The van der Waals surface area contributed by atoms with Crippen molar-refractivity contribution in [3.8, 4) is 17.1 Å². The van der Waals surface area contributed by atoms with Gasteiger partial charge in [0.15, 0.2) is 0 Å². The van der Waals surface area contributed by atoms with E-state index in [1.165, 1.54) is 0 Å². The fourth-order valence-corrected chi connectivity index (χ4v) is 2.84. The van der Waals surface area contributed by atoms with E-state index in [1.54, 1.807) is 6.07 Å². The number of halogens is 2. The van der Waals surface area contributed by atoms with Gasteiger partial charge in [0.25, 0.3) is 0 Å². The molecule has 2 aromatic carbocycles. The van der Waals surface area contributed by atoms with Crippen molar-refractivity contribution in [2.45, 2.75) is 19.9 Å². The number of aryl methyl sites for hydroxylation is 1. The van der Waals surface area contributed by atoms with Gasteiger partial charge in [0.05, 0.1) is 15.5 Å². The zero-order valence-corrected chi connectivity index (χ0v) is 13.8. The zero-order valence-electron chi connectivity index (χ0n) is 11.5. The second-order valence-corrected chi connectivity index (χ2v) is 6.18. The van der Waals surface area contributed by atoms with E-state index in [4.69, 9.17) is 11.6 Å². The number of nitrogens with zero attached hydrogens (tertiary/aromatic N) is 2. The molecule has 0 amide bonds. The number of hydrogen-bond donors (Lipinski definition) is 1. The molecule has 0 aliphatic heterocycles. The maximum atomic E-state index is 9.90. The number of fused-ring (bicyclic) bond motifs is 1. The van der Waals surface area contributed by atoms with Crippen molar-refractivity contribution in [3.05, 3.63) is 45.9 Å². The molecule has 3 nitrogen and oxygen atoms in total. The van der Waals surface area contributed by atoms with Gasteiger partial charge in [0.2, 0.25) is 0 Å². The maximum Gasteiger partial charge on any atom is 0.141 e. The predicted molar refractivity (Wildman–Crippen MR) is 89.8 cm³/mol. The quantitative estimate of drug-likeness (QED) is 0.689. The molecule has 21 heavy (non-hydrogen) atoms. The molecule has 0 aliphatic rings. The number of rotatable bonds is 3. The Balaban J connectivity index is 2.24. The second-order valence-electron chi connectivity index (χ2n) is 4.89. The highest BCUT2D eigenvalue weighted by Crippen LogP contribution is 2.32. The van der Waals surface area contributed by atoms with Gasteiger partial charge in [-0.05, 0) is 58.7 Å². The Hall–Kier alpha value is -1.52. The first-order valence-electron chi connectivity index (χ1n) is 6.75. The minimum Gasteiger partial charge on any atom is -0.507 e. The minimum absolute atomic E-state index is 0.209. The molecular formula is C16H14BrClN2O. The Bertz CT molecular complexity index is 813. The van der Waals surface area contributed by atoms with E-state index in [9.17, 15) is 5.11 Å². The van der Waals surface area contributed by atoms with Crippen molar-refractivity contribution < 1.29 is 5.11 Å². The zero-order chi connectivity index (χ0) is 15.0. The normalized spacial score (nSPS) is 11.2. The summed E-state index contributed by atoms with van der Waals surface area (Å²) >= 11 is 9.35. The van der Waals surface area contributed by atoms with Crippen LogP contribution in [-0.4, -0.2) is 14.7 Å². The van der Waals surface area contributed by atoms with Gasteiger partial charge >= 0.3 is 0 Å². The van der Waals surface area contributed by atoms with Crippen LogP contribution < -0.4 is 0 Å². The lowest BCUT2D eigenvalue weighted by atomic mass is 10.2. The van der Waals surface area contributed by atoms with E-state index in [1.807, 2.05) is 30.3 Å². The Morgan fingerprint density at radius 2 is 2.05 bits per heavy atom. The molecule has 108 valence electrons. The van der Waals surface area contributed by atoms with Gasteiger partial charge in [-0.15, -0.1) is 0 Å². The van der Waals surface area contributed by atoms with Crippen LogP contribution in [0.3, 0.4) is 0 Å². The largest absolute Gasteiger partial charge is 0.507 e. The average Bonchev–Trinajstić information content (AvgIpc) is 2.80. The summed E-state index contributed by atoms with van der Waals surface area (Å²) in [6.45, 7) is 2.99. The molecule has 0 unspecified atom stereocenters. The average molecular weight is 366 g/mol. The molecule has 0 aliphatic carbocycles. The molecular weight excluding hydrogens is 352 g/mol. The molecule has 0 radical (unpaired) electrons. The summed E-state index contributed by atoms with van der Waals surface area (Å²) in [4.78, 5) is 4.69. The monoisotopic (exact) mass is 364 g/mol. The SMILES string of the molecule is CCCn1c(-c2ccc(Br)c(O)c2)nc2cc(Cl)ccc21. The summed E-state index contributed by atoms with van der Waals surface area (Å²) in [6.07, 6.45) is 1.00. The molecule has 3 rings (SSSR count). The van der Waals surface area contributed by atoms with Gasteiger partial charge in [-0.2, -0.15) is 0 Å². The van der Waals surface area contributed by atoms with Crippen LogP contribution in [0.1, 0.15) is 13.3 Å². The van der Waals surface area contributed by atoms with E-state index < -0.39 is 0 Å². The van der Waals surface area contributed by atoms with Gasteiger partial charge in [0.1, 0.15) is 11.6 Å². The smallest absolute Gasteiger partial charge is 0.141 e. The van der Waals surface area contributed by atoms with E-state index in [-0.39, 0.29) is 5.75 Å². The fraction of sp³-hybridized carbons (Fsp3) is 0.188. The van der Waals surface area contributed by atoms with Gasteiger partial charge in [-0.3, -0.25) is 0 Å². The van der Waals surface area contributed by atoms with E-state index in [0.29, 0.717) is 9.50 Å². The summed E-state index contributed by atoms with van der Waals surface area (Å²) in [6, 6.07) is 11.2. The van der Waals surface area contributed by atoms with Crippen LogP contribution in [0, 0.1) is 0 Å². The summed E-state index contributed by atoms with van der Waals surface area (Å²) in [5.41, 5.74) is 2.81. The number of phenolic OH excluding ortho intramolecular Hbond substituents is 1. The number of aromatic nitrogens is 2. The molecule has 0 atom stereocenters. The maximum absolute atomic E-state index is 9.90. The molecule has 0 bridgehead atoms. The van der Waals surface area contributed by atoms with Gasteiger partial charge in [-0.25, -0.2) is 4.98 Å². The number of phenols is 1. The van der Waals surface area contributed by atoms with Crippen LogP contribution in [0.25, 0.3) is 22.4 Å². The molecule has 0 saturated carbocycles. The lowest BCUT2D eigenvalue weighted by molar-refractivity contribution is 0.472. The summed E-state index contributed by atoms with van der Waals surface area (Å²) in [5.74, 6) is 1.05. The van der Waals surface area contributed by atoms with Crippen molar-refractivity contribution in [1.29, 1.82) is 0 Å². The summed E-state index contributed by atoms with van der Waals surface area (Å²) in [5, 5.41) is 10.6. The Labute approximate surface area is 136 Å². The highest BCUT2D eigenvalue weighted by Gasteiger charge is 2.13. The third-order valence-electron chi connectivity index (χ3n) is 3.36. The van der Waals surface area contributed by atoms with Crippen molar-refractivity contribution in [2.24, 2.45) is 0 Å². The van der Waals surface area contributed by atoms with Crippen LogP contribution in [0.15, 0.2) is 40.9 Å². The molecule has 5 heteroatoms. The lowest BCUT2D eigenvalue weighted by Crippen LogP contribution is -1.99. The molecule has 1 heterocycles. The van der Waals surface area contributed by atoms with Crippen molar-refractivity contribution in [2.75, 3.05) is 0 Å². The first-order chi connectivity index (χ1) is 10.1. The van der Waals surface area contributed by atoms with Crippen LogP contribution in [0.4, 0.5) is 0 Å². The summed E-state index contributed by atoms with van der Waals surface area (Å²) in [7, 11) is 0. The lowest BCUT2D eigenvalue weighted by Gasteiger charge is -2.08. The van der Waals surface area contributed by atoms with E-state index >= 15 is 0 Å². The van der Waals surface area contributed by atoms with Crippen LogP contribution in [-0.2, 0) is 6.54 Å². The Kier molecular flexibility index (Phi) is 3.91. The van der Waals surface area contributed by atoms with E-state index in [2.05, 4.69) is 32.4 Å². The number of benzene rings is 2. The van der Waals surface area contributed by atoms with Crippen molar-refractivity contribution in [1.82, 2.24) is 9.55 Å². The molecule has 0 fully saturated rings. The van der Waals surface area contributed by atoms with Crippen LogP contribution in [0.5, 0.6) is 5.75 Å². The number of aromatic hydroxyl groups is 1. The fourth-order valence-electron chi connectivity index (χ4n) is 2.43. The van der Waals surface area contributed by atoms with E-state index in [0.717, 1.165) is 35.4 Å². The van der Waals surface area contributed by atoms with Crippen LogP contribution >= 0.6 is 27.5 Å². The first-order valence-corrected chi connectivity index (χ1v) is 7.92. The van der Waals surface area contributed by atoms with Gasteiger partial charge in [-0.1, -0.05) is 18.5 Å². The Morgan fingerprint density at radius 1 is 1.24 bits per heavy atom. The third kappa shape index (κ3) is 2.65. The summed E-state index contributed by atoms with van der Waals surface area (Å²) < 4.78 is 2.83. The second kappa shape index (κ2) is 5.70. The van der Waals surface area contributed by atoms with Crippen molar-refractivity contribution in [3.63, 3.8) is 0 Å². The molecule has 0 saturated heterocycles. The third-order valence-corrected chi connectivity index (χ3v) is 4.27. The van der Waals surface area contributed by atoms with Gasteiger partial charge in [0, 0.05) is 17.1 Å². The molecule has 1 N–H and O–H groups in total. The number of hydrogen-bond acceptors (Lipinski definition) is 2. The van der Waals surface area contributed by atoms with Crippen LogP contribution in [0.2, 0.25) is 5.02 Å². The minimum atomic E-state index is 0.209. The molecule has 3 aromatic rings. The highest BCUT2D eigenvalue weighted by molar-refractivity contribution is 9.10. The van der Waals surface area contributed by atoms with Gasteiger partial charge < -0.3 is 9.67 Å². The topological polar surface area (TPSA) is 38.0 Å². The predicted octanol–water partition coefficient (Wildman–Crippen LogP) is 5.23. The molecule has 1 aromatic heterocycles. The van der Waals surface area contributed by atoms with Crippen molar-refractivity contribution >= 4 is 38.6 Å². The number of imidazole rings is 1. The first kappa shape index (κ1) is 14.4.